The van der Waals surface area contributed by atoms with Gasteiger partial charge in [0.1, 0.15) is 0 Å². The summed E-state index contributed by atoms with van der Waals surface area (Å²) >= 11 is 0. The highest BCUT2D eigenvalue weighted by Crippen LogP contribution is 2.41. The maximum Gasteiger partial charge on any atom is 0.341 e. The third-order valence-electron chi connectivity index (χ3n) is 4.35. The number of nitrogens with one attached hydrogen (secondary N) is 2. The first-order chi connectivity index (χ1) is 13.4. The van der Waals surface area contributed by atoms with Crippen LogP contribution in [0.25, 0.3) is 0 Å². The molecule has 0 saturated carbocycles. The van der Waals surface area contributed by atoms with Gasteiger partial charge in [-0.1, -0.05) is 12.1 Å². The van der Waals surface area contributed by atoms with Gasteiger partial charge in [0.25, 0.3) is 0 Å². The first kappa shape index (κ1) is 19.2. The van der Waals surface area contributed by atoms with Crippen LogP contribution in [0.3, 0.4) is 0 Å². The van der Waals surface area contributed by atoms with Gasteiger partial charge in [0.15, 0.2) is 18.1 Å². The molecule has 0 saturated heterocycles. The second-order valence-corrected chi connectivity index (χ2v) is 6.38. The number of carboxylic acids is 1. The Hall–Kier alpha value is -3.55. The van der Waals surface area contributed by atoms with E-state index in [0.29, 0.717) is 22.9 Å². The Morgan fingerprint density at radius 1 is 1.21 bits per heavy atom. The second kappa shape index (κ2) is 7.99. The summed E-state index contributed by atoms with van der Waals surface area (Å²) in [6.45, 7) is 0.915. The van der Waals surface area contributed by atoms with Crippen molar-refractivity contribution in [1.29, 1.82) is 0 Å². The predicted octanol–water partition coefficient (Wildman–Crippen LogP) is 2.59. The van der Waals surface area contributed by atoms with Crippen LogP contribution in [0.15, 0.2) is 36.4 Å². The maximum atomic E-state index is 12.2. The smallest absolute Gasteiger partial charge is 0.341 e. The molecule has 28 heavy (non-hydrogen) atoms. The fourth-order valence-corrected chi connectivity index (χ4v) is 3.21. The summed E-state index contributed by atoms with van der Waals surface area (Å²) in [6.07, 6.45) is 0.233. The molecule has 0 aliphatic carbocycles. The quantitative estimate of drug-likeness (QED) is 0.705. The topological polar surface area (TPSA) is 114 Å². The van der Waals surface area contributed by atoms with E-state index in [1.807, 2.05) is 12.1 Å². The van der Waals surface area contributed by atoms with Crippen molar-refractivity contribution >= 4 is 29.2 Å². The summed E-state index contributed by atoms with van der Waals surface area (Å²) in [5.74, 6) is -0.986. The van der Waals surface area contributed by atoms with E-state index >= 15 is 0 Å². The van der Waals surface area contributed by atoms with E-state index in [1.54, 1.807) is 24.3 Å². The van der Waals surface area contributed by atoms with Crippen molar-refractivity contribution in [3.63, 3.8) is 0 Å². The zero-order valence-electron chi connectivity index (χ0n) is 15.4. The third kappa shape index (κ3) is 4.22. The Bertz CT molecular complexity index is 940. The van der Waals surface area contributed by atoms with Gasteiger partial charge in [-0.3, -0.25) is 9.59 Å². The normalized spacial score (nSPS) is 15.2. The van der Waals surface area contributed by atoms with Crippen LogP contribution in [0.2, 0.25) is 0 Å². The van der Waals surface area contributed by atoms with Crippen LogP contribution >= 0.6 is 0 Å². The number of carboxylic acid groups (broad SMARTS) is 1. The highest BCUT2D eigenvalue weighted by Gasteiger charge is 2.27. The molecule has 1 unspecified atom stereocenters. The average Bonchev–Trinajstić information content (AvgIpc) is 2.64. The lowest BCUT2D eigenvalue weighted by atomic mass is 9.84. The van der Waals surface area contributed by atoms with Crippen LogP contribution in [0.1, 0.15) is 30.4 Å². The molecule has 8 heteroatoms. The minimum Gasteiger partial charge on any atom is -0.493 e. The molecule has 1 aliphatic rings. The number of carbonyl (C=O) groups excluding carboxylic acids is 2. The predicted molar refractivity (Wildman–Crippen MR) is 102 cm³/mol. The zero-order valence-corrected chi connectivity index (χ0v) is 15.4. The van der Waals surface area contributed by atoms with Crippen LogP contribution in [-0.4, -0.2) is 36.6 Å². The molecule has 146 valence electrons. The highest BCUT2D eigenvalue weighted by molar-refractivity contribution is 5.97. The molecule has 0 fully saturated rings. The van der Waals surface area contributed by atoms with Crippen molar-refractivity contribution in [2.24, 2.45) is 0 Å². The minimum atomic E-state index is -1.10. The average molecular weight is 384 g/mol. The molecule has 1 aliphatic heterocycles. The number of carbonyl (C=O) groups is 3. The summed E-state index contributed by atoms with van der Waals surface area (Å²) in [6, 6.07) is 10.5. The van der Waals surface area contributed by atoms with Gasteiger partial charge in [0.2, 0.25) is 11.8 Å². The van der Waals surface area contributed by atoms with Gasteiger partial charge in [-0.2, -0.15) is 0 Å². The lowest BCUT2D eigenvalue weighted by Gasteiger charge is -2.27. The maximum absolute atomic E-state index is 12.2. The van der Waals surface area contributed by atoms with E-state index in [0.717, 1.165) is 11.1 Å². The Balaban J connectivity index is 1.97. The van der Waals surface area contributed by atoms with Crippen LogP contribution in [0, 0.1) is 0 Å². The molecule has 3 rings (SSSR count). The lowest BCUT2D eigenvalue weighted by molar-refractivity contribution is -0.139. The number of ether oxygens (including phenoxy) is 2. The number of hydrogen-bond donors (Lipinski definition) is 3. The number of methoxy groups -OCH3 is 1. The van der Waals surface area contributed by atoms with Crippen molar-refractivity contribution in [3.8, 4) is 11.5 Å². The van der Waals surface area contributed by atoms with E-state index in [4.69, 9.17) is 14.6 Å². The van der Waals surface area contributed by atoms with Crippen LogP contribution in [0.5, 0.6) is 11.5 Å². The van der Waals surface area contributed by atoms with Gasteiger partial charge in [-0.25, -0.2) is 4.79 Å². The van der Waals surface area contributed by atoms with Gasteiger partial charge in [-0.15, -0.1) is 0 Å². The van der Waals surface area contributed by atoms with Gasteiger partial charge < -0.3 is 25.2 Å². The largest absolute Gasteiger partial charge is 0.493 e. The number of aliphatic carboxylic acids is 1. The molecule has 0 radical (unpaired) electrons. The van der Waals surface area contributed by atoms with Crippen LogP contribution < -0.4 is 20.1 Å². The summed E-state index contributed by atoms with van der Waals surface area (Å²) in [5, 5.41) is 14.4. The minimum absolute atomic E-state index is 0.152. The third-order valence-corrected chi connectivity index (χ3v) is 4.35. The van der Waals surface area contributed by atoms with Gasteiger partial charge in [-0.05, 0) is 35.4 Å². The summed E-state index contributed by atoms with van der Waals surface area (Å²) in [5.41, 5.74) is 2.90. The highest BCUT2D eigenvalue weighted by atomic mass is 16.5. The molecule has 2 amide bonds. The number of amides is 2. The van der Waals surface area contributed by atoms with Crippen molar-refractivity contribution in [1.82, 2.24) is 0 Å². The number of anilines is 2. The Morgan fingerprint density at radius 2 is 2.00 bits per heavy atom. The number of benzene rings is 2. The number of rotatable bonds is 6. The van der Waals surface area contributed by atoms with E-state index in [1.165, 1.54) is 14.0 Å². The fourth-order valence-electron chi connectivity index (χ4n) is 3.21. The summed E-state index contributed by atoms with van der Waals surface area (Å²) in [7, 11) is 1.47. The standard InChI is InChI=1S/C20H20N2O6/c1-11(23)21-13-4-5-14-15(9-19(24)22-16(14)8-13)12-3-6-17(27-2)18(7-12)28-10-20(25)26/h3-8,15H,9-10H2,1-2H3,(H,21,23)(H,22,24)(H,25,26). The number of fused-ring (bicyclic) bond motifs is 1. The van der Waals surface area contributed by atoms with Crippen LogP contribution in [-0.2, 0) is 14.4 Å². The van der Waals surface area contributed by atoms with Crippen molar-refractivity contribution in [3.05, 3.63) is 47.5 Å². The van der Waals surface area contributed by atoms with E-state index in [9.17, 15) is 14.4 Å². The number of hydrogen-bond acceptors (Lipinski definition) is 5. The Morgan fingerprint density at radius 3 is 2.68 bits per heavy atom. The van der Waals surface area contributed by atoms with Crippen molar-refractivity contribution in [2.75, 3.05) is 24.4 Å². The molecule has 0 spiro atoms. The molecule has 3 N–H and O–H groups in total. The van der Waals surface area contributed by atoms with Crippen molar-refractivity contribution in [2.45, 2.75) is 19.3 Å². The Labute approximate surface area is 161 Å². The monoisotopic (exact) mass is 384 g/mol. The second-order valence-electron chi connectivity index (χ2n) is 6.38. The molecule has 1 heterocycles. The first-order valence-corrected chi connectivity index (χ1v) is 8.61. The molecule has 2 aromatic rings. The van der Waals surface area contributed by atoms with Gasteiger partial charge >= 0.3 is 5.97 Å². The van der Waals surface area contributed by atoms with E-state index < -0.39 is 12.6 Å². The lowest BCUT2D eigenvalue weighted by Crippen LogP contribution is -2.24. The van der Waals surface area contributed by atoms with E-state index in [2.05, 4.69) is 10.6 Å². The fraction of sp³-hybridized carbons (Fsp3) is 0.250. The molecule has 0 bridgehead atoms. The summed E-state index contributed by atoms with van der Waals surface area (Å²) in [4.78, 5) is 34.3. The van der Waals surface area contributed by atoms with Crippen LogP contribution in [0.4, 0.5) is 11.4 Å². The summed E-state index contributed by atoms with van der Waals surface area (Å²) < 4.78 is 10.6. The molecule has 8 nitrogen and oxygen atoms in total. The first-order valence-electron chi connectivity index (χ1n) is 8.61. The van der Waals surface area contributed by atoms with Gasteiger partial charge in [0.05, 0.1) is 7.11 Å². The molecule has 1 atom stereocenters. The Kier molecular flexibility index (Phi) is 5.49. The van der Waals surface area contributed by atoms with Gasteiger partial charge in [0, 0.05) is 30.6 Å². The molecule has 0 aromatic heterocycles. The van der Waals surface area contributed by atoms with E-state index in [-0.39, 0.29) is 24.2 Å². The SMILES string of the molecule is COc1ccc(C2CC(=O)Nc3cc(NC(C)=O)ccc32)cc1OCC(=O)O. The molecular weight excluding hydrogens is 364 g/mol. The zero-order chi connectivity index (χ0) is 20.3. The molecular formula is C20H20N2O6. The molecule has 2 aromatic carbocycles. The van der Waals surface area contributed by atoms with Crippen molar-refractivity contribution < 1.29 is 29.0 Å².